The molecule has 2 aromatic carbocycles. The smallest absolute Gasteiger partial charge is 0.312 e. The van der Waals surface area contributed by atoms with E-state index >= 15 is 0 Å². The van der Waals surface area contributed by atoms with Crippen molar-refractivity contribution in [1.82, 2.24) is 4.98 Å². The number of hydrogen-bond acceptors (Lipinski definition) is 2. The van der Waals surface area contributed by atoms with Crippen LogP contribution in [0.1, 0.15) is 27.9 Å². The van der Waals surface area contributed by atoms with Crippen molar-refractivity contribution >= 4 is 11.6 Å². The molecular formula is C24H23F3N2O. The fourth-order valence-electron chi connectivity index (χ4n) is 3.14. The Bertz CT molecular complexity index is 999. The quantitative estimate of drug-likeness (QED) is 0.533. The van der Waals surface area contributed by atoms with Crippen molar-refractivity contribution < 1.29 is 18.0 Å². The molecule has 1 amide bonds. The summed E-state index contributed by atoms with van der Waals surface area (Å²) in [4.78, 5) is 18.3. The highest BCUT2D eigenvalue weighted by atomic mass is 19.4. The van der Waals surface area contributed by atoms with Crippen molar-refractivity contribution in [3.63, 3.8) is 0 Å². The summed E-state index contributed by atoms with van der Waals surface area (Å²) in [5, 5.41) is 0. The van der Waals surface area contributed by atoms with Gasteiger partial charge in [0.1, 0.15) is 5.69 Å². The van der Waals surface area contributed by atoms with Crippen molar-refractivity contribution in [3.05, 3.63) is 94.8 Å². The van der Waals surface area contributed by atoms with Crippen LogP contribution in [0.5, 0.6) is 0 Å². The molecule has 0 spiro atoms. The van der Waals surface area contributed by atoms with Crippen molar-refractivity contribution in [1.29, 1.82) is 0 Å². The van der Waals surface area contributed by atoms with Gasteiger partial charge in [0, 0.05) is 18.4 Å². The van der Waals surface area contributed by atoms with Gasteiger partial charge in [-0.15, -0.1) is 0 Å². The first-order chi connectivity index (χ1) is 14.2. The molecule has 3 aromatic rings. The van der Waals surface area contributed by atoms with E-state index in [1.54, 1.807) is 4.90 Å². The Morgan fingerprint density at radius 2 is 1.67 bits per heavy atom. The van der Waals surface area contributed by atoms with Gasteiger partial charge in [0.2, 0.25) is 5.91 Å². The molecule has 0 atom stereocenters. The number of anilines is 1. The van der Waals surface area contributed by atoms with E-state index in [0.29, 0.717) is 18.5 Å². The maximum absolute atomic E-state index is 13.1. The third-order valence-corrected chi connectivity index (χ3v) is 5.04. The Hall–Kier alpha value is -3.15. The van der Waals surface area contributed by atoms with E-state index in [0.717, 1.165) is 28.4 Å². The molecule has 3 nitrogen and oxygen atoms in total. The maximum atomic E-state index is 13.1. The van der Waals surface area contributed by atoms with Gasteiger partial charge >= 0.3 is 6.18 Å². The number of amides is 1. The predicted octanol–water partition coefficient (Wildman–Crippen LogP) is 5.54. The molecule has 0 radical (unpaired) electrons. The van der Waals surface area contributed by atoms with Gasteiger partial charge < -0.3 is 4.90 Å². The zero-order valence-electron chi connectivity index (χ0n) is 16.9. The number of halogens is 3. The molecule has 0 aliphatic rings. The van der Waals surface area contributed by atoms with E-state index in [1.165, 1.54) is 12.3 Å². The standard InChI is InChI=1S/C24H23F3N2O/c1-17-8-10-21(14-18(17)2)29(23(30)15-19-6-4-3-5-7-19)13-12-20-9-11-22(28-16-20)24(25,26)27/h3-11,14,16H,12-13,15H2,1-2H3. The van der Waals surface area contributed by atoms with Crippen LogP contribution in [-0.2, 0) is 23.8 Å². The maximum Gasteiger partial charge on any atom is 0.433 e. The second-order valence-electron chi connectivity index (χ2n) is 7.28. The average molecular weight is 412 g/mol. The minimum atomic E-state index is -4.46. The number of carbonyl (C=O) groups is 1. The molecule has 1 aromatic heterocycles. The lowest BCUT2D eigenvalue weighted by atomic mass is 10.1. The van der Waals surface area contributed by atoms with Gasteiger partial charge in [-0.3, -0.25) is 9.78 Å². The van der Waals surface area contributed by atoms with Crippen molar-refractivity contribution in [3.8, 4) is 0 Å². The number of pyridine rings is 1. The van der Waals surface area contributed by atoms with Crippen molar-refractivity contribution in [2.75, 3.05) is 11.4 Å². The minimum absolute atomic E-state index is 0.0654. The first-order valence-corrected chi connectivity index (χ1v) is 9.68. The molecule has 6 heteroatoms. The summed E-state index contributed by atoms with van der Waals surface area (Å²) in [5.41, 5.74) is 3.61. The molecular weight excluding hydrogens is 389 g/mol. The van der Waals surface area contributed by atoms with Crippen LogP contribution in [0.15, 0.2) is 66.9 Å². The largest absolute Gasteiger partial charge is 0.433 e. The Kier molecular flexibility index (Phi) is 6.55. The third kappa shape index (κ3) is 5.47. The first kappa shape index (κ1) is 21.6. The highest BCUT2D eigenvalue weighted by molar-refractivity contribution is 5.94. The van der Waals surface area contributed by atoms with E-state index in [-0.39, 0.29) is 12.3 Å². The van der Waals surface area contributed by atoms with E-state index in [2.05, 4.69) is 4.98 Å². The summed E-state index contributed by atoms with van der Waals surface area (Å²) in [7, 11) is 0. The lowest BCUT2D eigenvalue weighted by molar-refractivity contribution is -0.141. The van der Waals surface area contributed by atoms with Crippen LogP contribution < -0.4 is 4.90 Å². The monoisotopic (exact) mass is 412 g/mol. The lowest BCUT2D eigenvalue weighted by Gasteiger charge is -2.24. The molecule has 3 rings (SSSR count). The molecule has 0 bridgehead atoms. The molecule has 0 fully saturated rings. The zero-order valence-corrected chi connectivity index (χ0v) is 16.9. The van der Waals surface area contributed by atoms with E-state index < -0.39 is 11.9 Å². The average Bonchev–Trinajstić information content (AvgIpc) is 2.71. The van der Waals surface area contributed by atoms with Gasteiger partial charge in [-0.2, -0.15) is 13.2 Å². The number of carbonyl (C=O) groups excluding carboxylic acids is 1. The van der Waals surface area contributed by atoms with Gasteiger partial charge in [-0.25, -0.2) is 0 Å². The minimum Gasteiger partial charge on any atom is -0.312 e. The van der Waals surface area contributed by atoms with Gasteiger partial charge in [-0.05, 0) is 60.7 Å². The summed E-state index contributed by atoms with van der Waals surface area (Å²) < 4.78 is 38.2. The molecule has 156 valence electrons. The topological polar surface area (TPSA) is 33.2 Å². The summed E-state index contributed by atoms with van der Waals surface area (Å²) in [5.74, 6) is -0.0654. The van der Waals surface area contributed by atoms with Crippen LogP contribution in [-0.4, -0.2) is 17.4 Å². The van der Waals surface area contributed by atoms with Crippen LogP contribution >= 0.6 is 0 Å². The van der Waals surface area contributed by atoms with E-state index in [1.807, 2.05) is 62.4 Å². The van der Waals surface area contributed by atoms with E-state index in [4.69, 9.17) is 0 Å². The van der Waals surface area contributed by atoms with Crippen molar-refractivity contribution in [2.45, 2.75) is 32.9 Å². The number of aryl methyl sites for hydroxylation is 2. The Morgan fingerprint density at radius 3 is 2.27 bits per heavy atom. The number of rotatable bonds is 6. The molecule has 0 aliphatic heterocycles. The molecule has 1 heterocycles. The summed E-state index contributed by atoms with van der Waals surface area (Å²) in [6, 6.07) is 17.7. The van der Waals surface area contributed by atoms with Gasteiger partial charge in [0.05, 0.1) is 6.42 Å². The fourth-order valence-corrected chi connectivity index (χ4v) is 3.14. The molecule has 0 aliphatic carbocycles. The highest BCUT2D eigenvalue weighted by Gasteiger charge is 2.32. The summed E-state index contributed by atoms with van der Waals surface area (Å²) in [6.45, 7) is 4.34. The number of benzene rings is 2. The SMILES string of the molecule is Cc1ccc(N(CCc2ccc(C(F)(F)F)nc2)C(=O)Cc2ccccc2)cc1C. The number of nitrogens with zero attached hydrogens (tertiary/aromatic N) is 2. The fraction of sp³-hybridized carbons (Fsp3) is 0.250. The van der Waals surface area contributed by atoms with Crippen molar-refractivity contribution in [2.24, 2.45) is 0 Å². The van der Waals surface area contributed by atoms with Gasteiger partial charge in [0.15, 0.2) is 0 Å². The first-order valence-electron chi connectivity index (χ1n) is 9.68. The summed E-state index contributed by atoms with van der Waals surface area (Å²) >= 11 is 0. The van der Waals surface area contributed by atoms with Crippen LogP contribution in [0.2, 0.25) is 0 Å². The van der Waals surface area contributed by atoms with Gasteiger partial charge in [0.25, 0.3) is 0 Å². The van der Waals surface area contributed by atoms with E-state index in [9.17, 15) is 18.0 Å². The van der Waals surface area contributed by atoms with Crippen LogP contribution in [0.4, 0.5) is 18.9 Å². The van der Waals surface area contributed by atoms with Gasteiger partial charge in [-0.1, -0.05) is 42.5 Å². The molecule has 0 saturated carbocycles. The van der Waals surface area contributed by atoms with Crippen LogP contribution in [0, 0.1) is 13.8 Å². The molecule has 0 N–H and O–H groups in total. The zero-order chi connectivity index (χ0) is 21.7. The predicted molar refractivity (Wildman–Crippen MR) is 111 cm³/mol. The number of hydrogen-bond donors (Lipinski definition) is 0. The molecule has 30 heavy (non-hydrogen) atoms. The highest BCUT2D eigenvalue weighted by Crippen LogP contribution is 2.27. The third-order valence-electron chi connectivity index (χ3n) is 5.04. The molecule has 0 unspecified atom stereocenters. The summed E-state index contributed by atoms with van der Waals surface area (Å²) in [6.07, 6.45) is -2.59. The Balaban J connectivity index is 1.80. The second kappa shape index (κ2) is 9.11. The lowest BCUT2D eigenvalue weighted by Crippen LogP contribution is -2.34. The molecule has 0 saturated heterocycles. The second-order valence-corrected chi connectivity index (χ2v) is 7.28. The number of aromatic nitrogens is 1. The van der Waals surface area contributed by atoms with Crippen LogP contribution in [0.3, 0.4) is 0 Å². The number of alkyl halides is 3. The Morgan fingerprint density at radius 1 is 0.933 bits per heavy atom. The van der Waals surface area contributed by atoms with Crippen LogP contribution in [0.25, 0.3) is 0 Å². The Labute approximate surface area is 174 Å². The normalized spacial score (nSPS) is 11.4.